The van der Waals surface area contributed by atoms with Gasteiger partial charge in [-0.05, 0) is 17.7 Å². The summed E-state index contributed by atoms with van der Waals surface area (Å²) in [4.78, 5) is 10.0. The Labute approximate surface area is 111 Å². The van der Waals surface area contributed by atoms with Crippen molar-refractivity contribution in [2.24, 2.45) is 0 Å². The molecule has 0 saturated carbocycles. The van der Waals surface area contributed by atoms with E-state index in [9.17, 15) is 28.4 Å². The maximum Gasteiger partial charge on any atom is 0.421 e. The Morgan fingerprint density at radius 3 is 2.35 bits per heavy atom. The van der Waals surface area contributed by atoms with Crippen LogP contribution in [0, 0.1) is 10.1 Å². The highest BCUT2D eigenvalue weighted by molar-refractivity contribution is 5.88. The molecule has 106 valence electrons. The minimum Gasteiger partial charge on any atom is -0.376 e. The number of hydrogen-bond donors (Lipinski definition) is 1. The molecule has 0 spiro atoms. The van der Waals surface area contributed by atoms with Crippen molar-refractivity contribution in [1.82, 2.24) is 0 Å². The van der Waals surface area contributed by atoms with Crippen LogP contribution in [-0.2, 0) is 5.60 Å². The summed E-state index contributed by atoms with van der Waals surface area (Å²) in [6.45, 7) is 0.582. The van der Waals surface area contributed by atoms with Gasteiger partial charge in [-0.3, -0.25) is 10.1 Å². The van der Waals surface area contributed by atoms with Gasteiger partial charge in [0.1, 0.15) is 0 Å². The molecule has 7 heteroatoms. The van der Waals surface area contributed by atoms with Crippen LogP contribution < -0.4 is 0 Å². The van der Waals surface area contributed by atoms with Gasteiger partial charge in [0.25, 0.3) is 5.69 Å². The van der Waals surface area contributed by atoms with E-state index in [4.69, 9.17) is 0 Å². The lowest BCUT2D eigenvalue weighted by molar-refractivity contribution is -0.385. The van der Waals surface area contributed by atoms with Crippen LogP contribution in [0.25, 0.3) is 10.8 Å². The lowest BCUT2D eigenvalue weighted by atomic mass is 9.90. The van der Waals surface area contributed by atoms with Crippen LogP contribution in [0.3, 0.4) is 0 Å². The summed E-state index contributed by atoms with van der Waals surface area (Å²) in [5, 5.41) is 21.0. The molecule has 2 aromatic carbocycles. The van der Waals surface area contributed by atoms with E-state index >= 15 is 0 Å². The summed E-state index contributed by atoms with van der Waals surface area (Å²) in [6, 6.07) is 7.83. The molecule has 20 heavy (non-hydrogen) atoms. The SMILES string of the molecule is CC(O)(c1cc([N+](=O)[O-])cc2ccccc12)C(F)(F)F. The fourth-order valence-corrected chi connectivity index (χ4v) is 1.96. The maximum absolute atomic E-state index is 13.0. The average Bonchev–Trinajstić information content (AvgIpc) is 2.35. The van der Waals surface area contributed by atoms with E-state index in [1.54, 1.807) is 6.07 Å². The number of aliphatic hydroxyl groups is 1. The van der Waals surface area contributed by atoms with E-state index in [0.717, 1.165) is 6.07 Å². The van der Waals surface area contributed by atoms with Crippen molar-refractivity contribution < 1.29 is 23.2 Å². The van der Waals surface area contributed by atoms with Gasteiger partial charge in [0.15, 0.2) is 5.60 Å². The highest BCUT2D eigenvalue weighted by Gasteiger charge is 2.52. The molecule has 0 aliphatic heterocycles. The summed E-state index contributed by atoms with van der Waals surface area (Å²) in [5.41, 5.74) is -4.20. The lowest BCUT2D eigenvalue weighted by Crippen LogP contribution is -2.39. The Morgan fingerprint density at radius 1 is 1.20 bits per heavy atom. The van der Waals surface area contributed by atoms with E-state index in [2.05, 4.69) is 0 Å². The fourth-order valence-electron chi connectivity index (χ4n) is 1.96. The normalized spacial score (nSPS) is 15.1. The second kappa shape index (κ2) is 4.45. The van der Waals surface area contributed by atoms with Crippen LogP contribution >= 0.6 is 0 Å². The number of alkyl halides is 3. The van der Waals surface area contributed by atoms with Gasteiger partial charge in [-0.2, -0.15) is 13.2 Å². The molecule has 0 radical (unpaired) electrons. The third kappa shape index (κ3) is 2.20. The monoisotopic (exact) mass is 285 g/mol. The molecule has 0 fully saturated rings. The van der Waals surface area contributed by atoms with Gasteiger partial charge >= 0.3 is 6.18 Å². The standard InChI is InChI=1S/C13H10F3NO3/c1-12(18,13(14,15)16)11-7-9(17(19)20)6-8-4-2-3-5-10(8)11/h2-7,18H,1H3. The number of nitro benzene ring substituents is 1. The van der Waals surface area contributed by atoms with E-state index in [1.807, 2.05) is 0 Å². The average molecular weight is 285 g/mol. The Balaban J connectivity index is 2.83. The highest BCUT2D eigenvalue weighted by atomic mass is 19.4. The first-order valence-electron chi connectivity index (χ1n) is 5.61. The predicted octanol–water partition coefficient (Wildman–Crippen LogP) is 3.52. The Morgan fingerprint density at radius 2 is 1.80 bits per heavy atom. The third-order valence-corrected chi connectivity index (χ3v) is 3.13. The number of non-ortho nitro benzene ring substituents is 1. The zero-order chi connectivity index (χ0) is 15.1. The van der Waals surface area contributed by atoms with Gasteiger partial charge in [0.05, 0.1) is 4.92 Å². The van der Waals surface area contributed by atoms with Gasteiger partial charge in [-0.25, -0.2) is 0 Å². The first-order valence-corrected chi connectivity index (χ1v) is 5.61. The molecule has 1 unspecified atom stereocenters. The van der Waals surface area contributed by atoms with Crippen molar-refractivity contribution >= 4 is 16.5 Å². The van der Waals surface area contributed by atoms with Gasteiger partial charge in [0.2, 0.25) is 0 Å². The Hall–Kier alpha value is -2.15. The third-order valence-electron chi connectivity index (χ3n) is 3.13. The minimum absolute atomic E-state index is 0.125. The maximum atomic E-state index is 13.0. The fraction of sp³-hybridized carbons (Fsp3) is 0.231. The summed E-state index contributed by atoms with van der Waals surface area (Å²) in [5.74, 6) is 0. The molecular weight excluding hydrogens is 275 g/mol. The molecular formula is C13H10F3NO3. The quantitative estimate of drug-likeness (QED) is 0.678. The lowest BCUT2D eigenvalue weighted by Gasteiger charge is -2.27. The largest absolute Gasteiger partial charge is 0.421 e. The molecule has 1 N–H and O–H groups in total. The van der Waals surface area contributed by atoms with Gasteiger partial charge < -0.3 is 5.11 Å². The van der Waals surface area contributed by atoms with Crippen molar-refractivity contribution in [2.45, 2.75) is 18.7 Å². The Bertz CT molecular complexity index is 680. The number of nitro groups is 1. The molecule has 0 amide bonds. The number of nitrogens with zero attached hydrogens (tertiary/aromatic N) is 1. The van der Waals surface area contributed by atoms with E-state index in [0.29, 0.717) is 6.92 Å². The molecule has 2 rings (SSSR count). The topological polar surface area (TPSA) is 63.4 Å². The van der Waals surface area contributed by atoms with Crippen LogP contribution in [0.1, 0.15) is 12.5 Å². The second-order valence-electron chi connectivity index (χ2n) is 4.54. The van der Waals surface area contributed by atoms with Gasteiger partial charge in [-0.15, -0.1) is 0 Å². The second-order valence-corrected chi connectivity index (χ2v) is 4.54. The van der Waals surface area contributed by atoms with Crippen molar-refractivity contribution in [3.63, 3.8) is 0 Å². The minimum atomic E-state index is -4.94. The summed E-state index contributed by atoms with van der Waals surface area (Å²) in [7, 11) is 0. The molecule has 0 aliphatic carbocycles. The smallest absolute Gasteiger partial charge is 0.376 e. The van der Waals surface area contributed by atoms with Crippen molar-refractivity contribution in [2.75, 3.05) is 0 Å². The number of halogens is 3. The zero-order valence-corrected chi connectivity index (χ0v) is 10.3. The molecule has 0 aromatic heterocycles. The zero-order valence-electron chi connectivity index (χ0n) is 10.3. The molecule has 0 bridgehead atoms. The van der Waals surface area contributed by atoms with Gasteiger partial charge in [-0.1, -0.05) is 24.3 Å². The van der Waals surface area contributed by atoms with Crippen LogP contribution in [0.15, 0.2) is 36.4 Å². The molecule has 0 saturated heterocycles. The van der Waals surface area contributed by atoms with Crippen LogP contribution in [0.2, 0.25) is 0 Å². The van der Waals surface area contributed by atoms with Gasteiger partial charge in [0, 0.05) is 17.7 Å². The first-order chi connectivity index (χ1) is 9.14. The van der Waals surface area contributed by atoms with Crippen LogP contribution in [0.4, 0.5) is 18.9 Å². The van der Waals surface area contributed by atoms with Crippen molar-refractivity contribution in [1.29, 1.82) is 0 Å². The van der Waals surface area contributed by atoms with Crippen molar-refractivity contribution in [3.8, 4) is 0 Å². The summed E-state index contributed by atoms with van der Waals surface area (Å²) >= 11 is 0. The predicted molar refractivity (Wildman–Crippen MR) is 66.2 cm³/mol. The van der Waals surface area contributed by atoms with E-state index < -0.39 is 28.0 Å². The highest BCUT2D eigenvalue weighted by Crippen LogP contribution is 2.42. The summed E-state index contributed by atoms with van der Waals surface area (Å²) < 4.78 is 38.9. The van der Waals surface area contributed by atoms with E-state index in [1.165, 1.54) is 24.3 Å². The van der Waals surface area contributed by atoms with Crippen LogP contribution in [0.5, 0.6) is 0 Å². The Kier molecular flexibility index (Phi) is 3.17. The number of hydrogen-bond acceptors (Lipinski definition) is 3. The molecule has 1 atom stereocenters. The van der Waals surface area contributed by atoms with Crippen molar-refractivity contribution in [3.05, 3.63) is 52.1 Å². The number of benzene rings is 2. The molecule has 2 aromatic rings. The first kappa shape index (κ1) is 14.3. The summed E-state index contributed by atoms with van der Waals surface area (Å²) in [6.07, 6.45) is -4.94. The van der Waals surface area contributed by atoms with E-state index in [-0.39, 0.29) is 10.8 Å². The van der Waals surface area contributed by atoms with Crippen LogP contribution in [-0.4, -0.2) is 16.2 Å². The molecule has 0 aliphatic rings. The molecule has 4 nitrogen and oxygen atoms in total. The molecule has 0 heterocycles. The number of fused-ring (bicyclic) bond motifs is 1. The number of rotatable bonds is 2.